The molecule has 0 unspecified atom stereocenters. The lowest BCUT2D eigenvalue weighted by atomic mass is 10.1. The van der Waals surface area contributed by atoms with Gasteiger partial charge in [0.15, 0.2) is 5.96 Å². The zero-order chi connectivity index (χ0) is 16.8. The summed E-state index contributed by atoms with van der Waals surface area (Å²) >= 11 is 0. The van der Waals surface area contributed by atoms with Gasteiger partial charge < -0.3 is 10.2 Å². The van der Waals surface area contributed by atoms with Gasteiger partial charge in [0, 0.05) is 51.6 Å². The molecule has 0 amide bonds. The number of benzene rings is 1. The van der Waals surface area contributed by atoms with Crippen LogP contribution in [0.25, 0.3) is 0 Å². The molecule has 0 spiro atoms. The second kappa shape index (κ2) is 7.40. The molecule has 0 atom stereocenters. The highest BCUT2D eigenvalue weighted by Crippen LogP contribution is 2.10. The Morgan fingerprint density at radius 2 is 2.30 bits per heavy atom. The molecule has 120 valence electrons. The first kappa shape index (κ1) is 16.5. The van der Waals surface area contributed by atoms with Crippen LogP contribution in [0, 0.1) is 17.1 Å². The Labute approximate surface area is 134 Å². The third-order valence-corrected chi connectivity index (χ3v) is 3.36. The highest BCUT2D eigenvalue weighted by Gasteiger charge is 2.10. The van der Waals surface area contributed by atoms with E-state index in [0.29, 0.717) is 23.6 Å². The van der Waals surface area contributed by atoms with Gasteiger partial charge in [-0.15, -0.1) is 0 Å². The first-order valence-electron chi connectivity index (χ1n) is 7.11. The molecule has 6 nitrogen and oxygen atoms in total. The van der Waals surface area contributed by atoms with Crippen molar-refractivity contribution in [3.63, 3.8) is 0 Å². The van der Waals surface area contributed by atoms with Crippen molar-refractivity contribution >= 4 is 5.96 Å². The summed E-state index contributed by atoms with van der Waals surface area (Å²) in [6.45, 7) is 0.889. The van der Waals surface area contributed by atoms with Gasteiger partial charge in [-0.05, 0) is 18.2 Å². The van der Waals surface area contributed by atoms with E-state index < -0.39 is 0 Å². The summed E-state index contributed by atoms with van der Waals surface area (Å²) in [5.41, 5.74) is 1.91. The van der Waals surface area contributed by atoms with Gasteiger partial charge in [-0.25, -0.2) is 4.39 Å². The average Bonchev–Trinajstić information content (AvgIpc) is 2.94. The summed E-state index contributed by atoms with van der Waals surface area (Å²) < 4.78 is 15.5. The van der Waals surface area contributed by atoms with E-state index in [2.05, 4.69) is 15.4 Å². The molecule has 0 aliphatic rings. The molecule has 0 aliphatic carbocycles. The number of aromatic nitrogens is 2. The molecule has 0 saturated heterocycles. The largest absolute Gasteiger partial charge is 0.352 e. The van der Waals surface area contributed by atoms with E-state index >= 15 is 0 Å². The van der Waals surface area contributed by atoms with Crippen LogP contribution in [0.1, 0.15) is 16.7 Å². The molecule has 1 heterocycles. The predicted molar refractivity (Wildman–Crippen MR) is 86.0 cm³/mol. The maximum Gasteiger partial charge on any atom is 0.193 e. The summed E-state index contributed by atoms with van der Waals surface area (Å²) in [5, 5.41) is 16.1. The van der Waals surface area contributed by atoms with Crippen molar-refractivity contribution < 1.29 is 4.39 Å². The molecule has 1 N–H and O–H groups in total. The van der Waals surface area contributed by atoms with Gasteiger partial charge in [-0.1, -0.05) is 0 Å². The molecule has 1 aromatic carbocycles. The normalized spacial score (nSPS) is 11.2. The Bertz CT molecular complexity index is 743. The Morgan fingerprint density at radius 3 is 2.91 bits per heavy atom. The summed E-state index contributed by atoms with van der Waals surface area (Å²) in [7, 11) is 5.43. The van der Waals surface area contributed by atoms with Crippen LogP contribution in [0.3, 0.4) is 0 Å². The Balaban J connectivity index is 2.01. The number of nitrogens with one attached hydrogen (secondary N) is 1. The number of hydrogen-bond acceptors (Lipinski definition) is 3. The molecule has 2 rings (SSSR count). The highest BCUT2D eigenvalue weighted by molar-refractivity contribution is 5.79. The van der Waals surface area contributed by atoms with Gasteiger partial charge in [0.25, 0.3) is 0 Å². The first-order valence-corrected chi connectivity index (χ1v) is 7.11. The lowest BCUT2D eigenvalue weighted by Gasteiger charge is -2.21. The minimum absolute atomic E-state index is 0.255. The number of aliphatic imine (C=N–C) groups is 1. The summed E-state index contributed by atoms with van der Waals surface area (Å²) in [5.74, 6) is 0.289. The standard InChI is InChI=1S/C16H19FN6/c1-19-16(22(2)10-13-8-21-23(3)11-13)20-9-14-6-12(7-18)4-5-15(14)17/h4-6,8,11H,9-10H2,1-3H3,(H,19,20). The second-order valence-electron chi connectivity index (χ2n) is 5.20. The average molecular weight is 314 g/mol. The van der Waals surface area contributed by atoms with Crippen molar-refractivity contribution in [1.29, 1.82) is 5.26 Å². The van der Waals surface area contributed by atoms with Crippen LogP contribution < -0.4 is 5.32 Å². The number of guanidine groups is 1. The Hall–Kier alpha value is -2.88. The van der Waals surface area contributed by atoms with Crippen LogP contribution in [0.15, 0.2) is 35.6 Å². The number of hydrogen-bond donors (Lipinski definition) is 1. The zero-order valence-electron chi connectivity index (χ0n) is 13.4. The van der Waals surface area contributed by atoms with Crippen LogP contribution in [0.5, 0.6) is 0 Å². The van der Waals surface area contributed by atoms with Gasteiger partial charge in [-0.2, -0.15) is 10.4 Å². The van der Waals surface area contributed by atoms with E-state index in [1.54, 1.807) is 17.9 Å². The minimum atomic E-state index is -0.345. The van der Waals surface area contributed by atoms with Gasteiger partial charge in [0.2, 0.25) is 0 Å². The lowest BCUT2D eigenvalue weighted by molar-refractivity contribution is 0.475. The molecule has 7 heteroatoms. The van der Waals surface area contributed by atoms with Crippen molar-refractivity contribution in [2.24, 2.45) is 12.0 Å². The SMILES string of the molecule is CN=C(NCc1cc(C#N)ccc1F)N(C)Cc1cnn(C)c1. The van der Waals surface area contributed by atoms with Crippen LogP contribution in [-0.4, -0.2) is 34.7 Å². The fourth-order valence-corrected chi connectivity index (χ4v) is 2.24. The van der Waals surface area contributed by atoms with Gasteiger partial charge >= 0.3 is 0 Å². The lowest BCUT2D eigenvalue weighted by Crippen LogP contribution is -2.38. The summed E-state index contributed by atoms with van der Waals surface area (Å²) in [6.07, 6.45) is 3.72. The predicted octanol–water partition coefficient (Wildman–Crippen LogP) is 1.64. The molecule has 0 radical (unpaired) electrons. The van der Waals surface area contributed by atoms with Gasteiger partial charge in [0.05, 0.1) is 17.8 Å². The molecule has 0 aliphatic heterocycles. The molecule has 0 fully saturated rings. The molecule has 0 saturated carbocycles. The summed E-state index contributed by atoms with van der Waals surface area (Å²) in [4.78, 5) is 6.11. The Morgan fingerprint density at radius 1 is 1.52 bits per heavy atom. The van der Waals surface area contributed by atoms with Crippen LogP contribution >= 0.6 is 0 Å². The summed E-state index contributed by atoms with van der Waals surface area (Å²) in [6, 6.07) is 6.31. The van der Waals surface area contributed by atoms with Crippen molar-refractivity contribution in [2.75, 3.05) is 14.1 Å². The Kier molecular flexibility index (Phi) is 5.31. The molecule has 1 aromatic heterocycles. The van der Waals surface area contributed by atoms with E-state index in [-0.39, 0.29) is 12.4 Å². The third kappa shape index (κ3) is 4.30. The topological polar surface area (TPSA) is 69.2 Å². The fraction of sp³-hybridized carbons (Fsp3) is 0.312. The maximum atomic E-state index is 13.8. The maximum absolute atomic E-state index is 13.8. The molecule has 2 aromatic rings. The smallest absolute Gasteiger partial charge is 0.193 e. The number of nitrogens with zero attached hydrogens (tertiary/aromatic N) is 5. The van der Waals surface area contributed by atoms with E-state index in [0.717, 1.165) is 5.56 Å². The van der Waals surface area contributed by atoms with Crippen molar-refractivity contribution in [3.8, 4) is 6.07 Å². The van der Waals surface area contributed by atoms with Crippen LogP contribution in [0.2, 0.25) is 0 Å². The number of nitriles is 1. The molecular formula is C16H19FN6. The van der Waals surface area contributed by atoms with Crippen molar-refractivity contribution in [1.82, 2.24) is 20.0 Å². The fourth-order valence-electron chi connectivity index (χ4n) is 2.24. The molecule has 23 heavy (non-hydrogen) atoms. The highest BCUT2D eigenvalue weighted by atomic mass is 19.1. The van der Waals surface area contributed by atoms with Gasteiger partial charge in [-0.3, -0.25) is 9.67 Å². The van der Waals surface area contributed by atoms with E-state index in [1.807, 2.05) is 31.3 Å². The minimum Gasteiger partial charge on any atom is -0.352 e. The van der Waals surface area contributed by atoms with E-state index in [9.17, 15) is 4.39 Å². The molecular weight excluding hydrogens is 295 g/mol. The van der Waals surface area contributed by atoms with E-state index in [4.69, 9.17) is 5.26 Å². The van der Waals surface area contributed by atoms with E-state index in [1.165, 1.54) is 18.2 Å². The quantitative estimate of drug-likeness (QED) is 0.688. The van der Waals surface area contributed by atoms with Crippen LogP contribution in [0.4, 0.5) is 4.39 Å². The van der Waals surface area contributed by atoms with Crippen LogP contribution in [-0.2, 0) is 20.1 Å². The number of rotatable bonds is 4. The van der Waals surface area contributed by atoms with Crippen molar-refractivity contribution in [2.45, 2.75) is 13.1 Å². The first-order chi connectivity index (χ1) is 11.0. The van der Waals surface area contributed by atoms with Gasteiger partial charge in [0.1, 0.15) is 5.82 Å². The molecule has 0 bridgehead atoms. The number of halogens is 1. The van der Waals surface area contributed by atoms with Crippen molar-refractivity contribution in [3.05, 3.63) is 53.1 Å². The monoisotopic (exact) mass is 314 g/mol. The number of aryl methyl sites for hydroxylation is 1. The zero-order valence-corrected chi connectivity index (χ0v) is 13.4. The third-order valence-electron chi connectivity index (χ3n) is 3.36. The second-order valence-corrected chi connectivity index (χ2v) is 5.20.